The van der Waals surface area contributed by atoms with Gasteiger partial charge in [-0.3, -0.25) is 13.9 Å². The topological polar surface area (TPSA) is 86.8 Å². The number of nitrogens with zero attached hydrogens (tertiary/aromatic N) is 2. The number of aryl methyl sites for hydroxylation is 1. The predicted molar refractivity (Wildman–Crippen MR) is 132 cm³/mol. The molecule has 2 amide bonds. The fourth-order valence-corrected chi connectivity index (χ4v) is 4.38. The normalized spacial score (nSPS) is 13.1. The van der Waals surface area contributed by atoms with E-state index < -0.39 is 22.0 Å². The van der Waals surface area contributed by atoms with Gasteiger partial charge in [-0.2, -0.15) is 0 Å². The van der Waals surface area contributed by atoms with E-state index in [4.69, 9.17) is 0 Å². The summed E-state index contributed by atoms with van der Waals surface area (Å²) in [7, 11) is -3.73. The first kappa shape index (κ1) is 26.4. The molecule has 8 heteroatoms. The van der Waals surface area contributed by atoms with Gasteiger partial charge < -0.3 is 10.2 Å². The van der Waals surface area contributed by atoms with Gasteiger partial charge in [0, 0.05) is 12.6 Å². The summed E-state index contributed by atoms with van der Waals surface area (Å²) in [4.78, 5) is 28.1. The molecule has 2 rings (SSSR count). The minimum absolute atomic E-state index is 0.0277. The molecule has 0 spiro atoms. The van der Waals surface area contributed by atoms with E-state index in [0.29, 0.717) is 12.1 Å². The van der Waals surface area contributed by atoms with E-state index in [2.05, 4.69) is 5.32 Å². The van der Waals surface area contributed by atoms with Gasteiger partial charge in [0.25, 0.3) is 0 Å². The number of rotatable bonds is 11. The molecule has 0 bridgehead atoms. The van der Waals surface area contributed by atoms with Crippen LogP contribution in [0, 0.1) is 6.92 Å². The Morgan fingerprint density at radius 1 is 1.00 bits per heavy atom. The third-order valence-corrected chi connectivity index (χ3v) is 6.69. The van der Waals surface area contributed by atoms with Crippen molar-refractivity contribution in [1.82, 2.24) is 10.2 Å². The summed E-state index contributed by atoms with van der Waals surface area (Å²) in [6.07, 6.45) is 2.26. The lowest BCUT2D eigenvalue weighted by Crippen LogP contribution is -2.53. The van der Waals surface area contributed by atoms with Crippen molar-refractivity contribution < 1.29 is 18.0 Å². The van der Waals surface area contributed by atoms with Crippen LogP contribution in [0.25, 0.3) is 0 Å². The van der Waals surface area contributed by atoms with Gasteiger partial charge >= 0.3 is 0 Å². The van der Waals surface area contributed by atoms with Crippen molar-refractivity contribution in [2.45, 2.75) is 59.2 Å². The van der Waals surface area contributed by atoms with Crippen LogP contribution in [0.15, 0.2) is 54.6 Å². The molecule has 2 aromatic rings. The van der Waals surface area contributed by atoms with E-state index in [0.717, 1.165) is 28.1 Å². The fourth-order valence-electron chi connectivity index (χ4n) is 3.54. The quantitative estimate of drug-likeness (QED) is 0.541. The Morgan fingerprint density at radius 3 is 2.21 bits per heavy atom. The number of hydrogen-bond donors (Lipinski definition) is 1. The number of hydrogen-bond acceptors (Lipinski definition) is 4. The molecule has 0 aliphatic rings. The van der Waals surface area contributed by atoms with Gasteiger partial charge in [0.1, 0.15) is 12.6 Å². The molecule has 2 aromatic carbocycles. The van der Waals surface area contributed by atoms with Crippen LogP contribution < -0.4 is 9.62 Å². The molecular weight excluding hydrogens is 438 g/mol. The Kier molecular flexibility index (Phi) is 9.46. The average molecular weight is 474 g/mol. The Hall–Kier alpha value is -2.87. The van der Waals surface area contributed by atoms with Crippen LogP contribution in [0.2, 0.25) is 0 Å². The summed E-state index contributed by atoms with van der Waals surface area (Å²) in [5.41, 5.74) is 2.17. The van der Waals surface area contributed by atoms with Gasteiger partial charge in [-0.1, -0.05) is 56.3 Å². The van der Waals surface area contributed by atoms with Gasteiger partial charge in [-0.25, -0.2) is 8.42 Å². The molecule has 0 saturated carbocycles. The summed E-state index contributed by atoms with van der Waals surface area (Å²) in [5, 5.41) is 2.96. The largest absolute Gasteiger partial charge is 0.352 e. The Labute approximate surface area is 197 Å². The lowest BCUT2D eigenvalue weighted by molar-refractivity contribution is -0.140. The zero-order chi connectivity index (χ0) is 24.6. The van der Waals surface area contributed by atoms with Crippen LogP contribution in [0.1, 0.15) is 44.7 Å². The molecule has 0 radical (unpaired) electrons. The van der Waals surface area contributed by atoms with Crippen molar-refractivity contribution in [2.24, 2.45) is 0 Å². The maximum absolute atomic E-state index is 13.6. The molecule has 0 aromatic heterocycles. The second-order valence-electron chi connectivity index (χ2n) is 8.36. The second-order valence-corrected chi connectivity index (χ2v) is 10.3. The molecular formula is C25H35N3O4S. The van der Waals surface area contributed by atoms with Crippen molar-refractivity contribution >= 4 is 27.5 Å². The fraction of sp³-hybridized carbons (Fsp3) is 0.440. The molecule has 1 N–H and O–H groups in total. The van der Waals surface area contributed by atoms with E-state index in [1.807, 2.05) is 64.1 Å². The van der Waals surface area contributed by atoms with E-state index >= 15 is 0 Å². The number of amides is 2. The summed E-state index contributed by atoms with van der Waals surface area (Å²) in [5.74, 6) is -0.672. The zero-order valence-electron chi connectivity index (χ0n) is 20.1. The molecule has 0 fully saturated rings. The van der Waals surface area contributed by atoms with E-state index in [9.17, 15) is 18.0 Å². The van der Waals surface area contributed by atoms with Crippen LogP contribution in [-0.4, -0.2) is 50.0 Å². The number of benzene rings is 2. The zero-order valence-corrected chi connectivity index (χ0v) is 20.9. The third kappa shape index (κ3) is 7.60. The third-order valence-electron chi connectivity index (χ3n) is 5.55. The smallest absolute Gasteiger partial charge is 0.244 e. The van der Waals surface area contributed by atoms with Crippen LogP contribution >= 0.6 is 0 Å². The maximum Gasteiger partial charge on any atom is 0.244 e. The van der Waals surface area contributed by atoms with Crippen molar-refractivity contribution in [3.8, 4) is 0 Å². The number of nitrogens with one attached hydrogen (secondary N) is 1. The average Bonchev–Trinajstić information content (AvgIpc) is 2.76. The van der Waals surface area contributed by atoms with Crippen molar-refractivity contribution in [3.05, 3.63) is 65.7 Å². The Morgan fingerprint density at radius 2 is 1.67 bits per heavy atom. The first-order valence-electron chi connectivity index (χ1n) is 11.2. The van der Waals surface area contributed by atoms with Crippen LogP contribution in [0.5, 0.6) is 0 Å². The molecule has 2 atom stereocenters. The summed E-state index contributed by atoms with van der Waals surface area (Å²) < 4.78 is 26.3. The minimum atomic E-state index is -3.73. The number of anilines is 1. The first-order valence-corrected chi connectivity index (χ1v) is 13.1. The van der Waals surface area contributed by atoms with Crippen LogP contribution in [0.4, 0.5) is 5.69 Å². The number of sulfonamides is 1. The molecule has 33 heavy (non-hydrogen) atoms. The summed E-state index contributed by atoms with van der Waals surface area (Å²) in [6.45, 7) is 7.42. The monoisotopic (exact) mass is 473 g/mol. The molecule has 0 saturated heterocycles. The van der Waals surface area contributed by atoms with Gasteiger partial charge in [0.05, 0.1) is 11.9 Å². The summed E-state index contributed by atoms with van der Waals surface area (Å²) in [6, 6.07) is 15.6. The highest BCUT2D eigenvalue weighted by atomic mass is 32.2. The van der Waals surface area contributed by atoms with Crippen molar-refractivity contribution in [3.63, 3.8) is 0 Å². The maximum atomic E-state index is 13.6. The SMILES string of the molecule is CC[C@@H](C)NC(=O)[C@H](CC)N(Cc1ccccc1)C(=O)CN(c1cccc(C)c1)S(C)(=O)=O. The van der Waals surface area contributed by atoms with Gasteiger partial charge in [-0.15, -0.1) is 0 Å². The van der Waals surface area contributed by atoms with Gasteiger partial charge in [0.15, 0.2) is 0 Å². The standard InChI is InChI=1S/C25H35N3O4S/c1-6-20(4)26-25(30)23(7-2)27(17-21-13-9-8-10-14-21)24(29)18-28(33(5,31)32)22-15-11-12-19(3)16-22/h8-16,20,23H,6-7,17-18H2,1-5H3,(H,26,30)/t20-,23+/m1/s1. The minimum Gasteiger partial charge on any atom is -0.352 e. The lowest BCUT2D eigenvalue weighted by atomic mass is 10.1. The van der Waals surface area contributed by atoms with Crippen LogP contribution in [-0.2, 0) is 26.2 Å². The van der Waals surface area contributed by atoms with E-state index in [1.165, 1.54) is 4.90 Å². The number of carbonyl (C=O) groups is 2. The van der Waals surface area contributed by atoms with Gasteiger partial charge in [-0.05, 0) is 49.9 Å². The summed E-state index contributed by atoms with van der Waals surface area (Å²) >= 11 is 0. The molecule has 7 nitrogen and oxygen atoms in total. The molecule has 0 unspecified atom stereocenters. The van der Waals surface area contributed by atoms with E-state index in [-0.39, 0.29) is 25.0 Å². The van der Waals surface area contributed by atoms with Gasteiger partial charge in [0.2, 0.25) is 21.8 Å². The highest BCUT2D eigenvalue weighted by molar-refractivity contribution is 7.92. The predicted octanol–water partition coefficient (Wildman–Crippen LogP) is 3.48. The Bertz CT molecular complexity index is 1040. The molecule has 0 aliphatic heterocycles. The van der Waals surface area contributed by atoms with E-state index in [1.54, 1.807) is 18.2 Å². The molecule has 180 valence electrons. The number of carbonyl (C=O) groups excluding carboxylic acids is 2. The highest BCUT2D eigenvalue weighted by Crippen LogP contribution is 2.20. The molecule has 0 aliphatic carbocycles. The first-order chi connectivity index (χ1) is 15.6. The molecule has 0 heterocycles. The van der Waals surface area contributed by atoms with Crippen LogP contribution in [0.3, 0.4) is 0 Å². The lowest BCUT2D eigenvalue weighted by Gasteiger charge is -2.33. The second kappa shape index (κ2) is 11.8. The van der Waals surface area contributed by atoms with Crippen molar-refractivity contribution in [1.29, 1.82) is 0 Å². The highest BCUT2D eigenvalue weighted by Gasteiger charge is 2.32. The van der Waals surface area contributed by atoms with Crippen molar-refractivity contribution in [2.75, 3.05) is 17.1 Å². The Balaban J connectivity index is 2.41.